The maximum atomic E-state index is 11.2. The average molecular weight is 428 g/mol. The minimum absolute atomic E-state index is 0.0556. The van der Waals surface area contributed by atoms with Crippen molar-refractivity contribution >= 4 is 15.2 Å². The highest BCUT2D eigenvalue weighted by molar-refractivity contribution is 7.52. The lowest BCUT2D eigenvalue weighted by Crippen LogP contribution is -2.50. The molecule has 0 aromatic heterocycles. The Hall–Kier alpha value is 0.220. The third-order valence-electron chi connectivity index (χ3n) is 5.91. The van der Waals surface area contributed by atoms with Crippen molar-refractivity contribution in [2.75, 3.05) is 19.3 Å². The normalized spacial score (nSPS) is 27.3. The van der Waals surface area contributed by atoms with Crippen LogP contribution < -0.4 is 11.5 Å². The monoisotopic (exact) mass is 428 g/mol. The molecule has 0 radical (unpaired) electrons. The van der Waals surface area contributed by atoms with E-state index in [2.05, 4.69) is 27.7 Å². The number of hydrogen-bond donors (Lipinski definition) is 6. The Morgan fingerprint density at radius 1 is 1.00 bits per heavy atom. The molecule has 0 spiro atoms. The molecule has 2 aliphatic rings. The van der Waals surface area contributed by atoms with Crippen molar-refractivity contribution in [2.45, 2.75) is 65.5 Å². The summed E-state index contributed by atoms with van der Waals surface area (Å²) in [5.41, 5.74) is 10.5. The summed E-state index contributed by atoms with van der Waals surface area (Å²) in [6.07, 6.45) is 4.39. The first-order chi connectivity index (χ1) is 11.9. The van der Waals surface area contributed by atoms with Crippen LogP contribution >= 0.6 is 15.2 Å². The van der Waals surface area contributed by atoms with Gasteiger partial charge in [-0.2, -0.15) is 0 Å². The van der Waals surface area contributed by atoms with Crippen LogP contribution in [0.2, 0.25) is 0 Å². The molecule has 162 valence electrons. The Labute approximate surface area is 162 Å². The van der Waals surface area contributed by atoms with Crippen LogP contribution in [0, 0.1) is 22.2 Å². The number of rotatable bonds is 6. The summed E-state index contributed by atoms with van der Waals surface area (Å²) < 4.78 is 22.0. The first kappa shape index (κ1) is 25.3. The van der Waals surface area contributed by atoms with Crippen LogP contribution in [0.1, 0.15) is 59.8 Å². The van der Waals surface area contributed by atoms with Gasteiger partial charge in [0.2, 0.25) is 0 Å². The van der Waals surface area contributed by atoms with Crippen molar-refractivity contribution in [1.29, 1.82) is 0 Å². The van der Waals surface area contributed by atoms with Gasteiger partial charge in [0.05, 0.1) is 11.8 Å². The Morgan fingerprint density at radius 2 is 1.52 bits per heavy atom. The van der Waals surface area contributed by atoms with E-state index in [1.807, 2.05) is 0 Å². The van der Waals surface area contributed by atoms with Gasteiger partial charge in [0.25, 0.3) is 0 Å². The average Bonchev–Trinajstić information content (AvgIpc) is 2.74. The SMILES string of the molecule is CC1(C)CC(CN)(CP(=O)(O)O)C1.CC1(C)CCC([C@@H](CN)P(=O)(O)O)C1. The van der Waals surface area contributed by atoms with Gasteiger partial charge in [-0.25, -0.2) is 0 Å². The van der Waals surface area contributed by atoms with Gasteiger partial charge in [-0.1, -0.05) is 27.7 Å². The predicted octanol–water partition coefficient (Wildman–Crippen LogP) is 2.25. The largest absolute Gasteiger partial charge is 0.330 e. The van der Waals surface area contributed by atoms with Crippen molar-refractivity contribution in [1.82, 2.24) is 0 Å². The van der Waals surface area contributed by atoms with Gasteiger partial charge in [-0.15, -0.1) is 0 Å². The molecule has 2 atom stereocenters. The molecule has 10 heteroatoms. The molecule has 2 fully saturated rings. The van der Waals surface area contributed by atoms with Crippen molar-refractivity contribution in [2.24, 2.45) is 33.6 Å². The zero-order valence-electron chi connectivity index (χ0n) is 17.0. The van der Waals surface area contributed by atoms with Gasteiger partial charge in [0.15, 0.2) is 0 Å². The molecule has 0 aliphatic heterocycles. The minimum Gasteiger partial charge on any atom is -0.330 e. The van der Waals surface area contributed by atoms with E-state index in [0.29, 0.717) is 6.54 Å². The minimum atomic E-state index is -4.01. The predicted molar refractivity (Wildman–Crippen MR) is 107 cm³/mol. The molecule has 2 aliphatic carbocycles. The summed E-state index contributed by atoms with van der Waals surface area (Å²) in [6, 6.07) is 0. The molecule has 27 heavy (non-hydrogen) atoms. The third-order valence-corrected chi connectivity index (χ3v) is 8.49. The van der Waals surface area contributed by atoms with Gasteiger partial charge in [0.1, 0.15) is 0 Å². The van der Waals surface area contributed by atoms with Gasteiger partial charge < -0.3 is 31.0 Å². The van der Waals surface area contributed by atoms with Gasteiger partial charge in [0, 0.05) is 6.54 Å². The van der Waals surface area contributed by atoms with Crippen molar-refractivity contribution in [3.63, 3.8) is 0 Å². The van der Waals surface area contributed by atoms with Crippen LogP contribution in [0.25, 0.3) is 0 Å². The van der Waals surface area contributed by atoms with Crippen molar-refractivity contribution in [3.05, 3.63) is 0 Å². The van der Waals surface area contributed by atoms with Crippen LogP contribution in [0.5, 0.6) is 0 Å². The van der Waals surface area contributed by atoms with Crippen LogP contribution in [0.3, 0.4) is 0 Å². The first-order valence-electron chi connectivity index (χ1n) is 9.44. The Kier molecular flexibility index (Phi) is 7.98. The molecule has 0 amide bonds. The zero-order chi connectivity index (χ0) is 21.3. The van der Waals surface area contributed by atoms with E-state index in [1.54, 1.807) is 0 Å². The smallest absolute Gasteiger partial charge is 0.330 e. The lowest BCUT2D eigenvalue weighted by Gasteiger charge is -2.53. The maximum absolute atomic E-state index is 11.2. The second-order valence-electron chi connectivity index (χ2n) is 10.1. The fourth-order valence-electron chi connectivity index (χ4n) is 5.16. The second-order valence-corrected chi connectivity index (χ2v) is 13.6. The van der Waals surface area contributed by atoms with E-state index in [1.165, 1.54) is 0 Å². The molecular formula is C17H38N2O6P2. The fourth-order valence-corrected chi connectivity index (χ4v) is 7.46. The first-order valence-corrected chi connectivity index (χ1v) is 12.9. The van der Waals surface area contributed by atoms with E-state index in [4.69, 9.17) is 31.0 Å². The van der Waals surface area contributed by atoms with Crippen LogP contribution in [0.4, 0.5) is 0 Å². The van der Waals surface area contributed by atoms with Crippen LogP contribution in [-0.2, 0) is 9.13 Å². The molecule has 2 saturated carbocycles. The second kappa shape index (κ2) is 8.53. The lowest BCUT2D eigenvalue weighted by molar-refractivity contribution is 0.0107. The molecule has 8 N–H and O–H groups in total. The molecule has 1 unspecified atom stereocenters. The summed E-state index contributed by atoms with van der Waals surface area (Å²) >= 11 is 0. The highest BCUT2D eigenvalue weighted by Gasteiger charge is 2.50. The molecule has 0 saturated heterocycles. The quantitative estimate of drug-likeness (QED) is 0.350. The van der Waals surface area contributed by atoms with E-state index in [-0.39, 0.29) is 34.9 Å². The molecule has 0 aromatic carbocycles. The molecule has 8 nitrogen and oxygen atoms in total. The van der Waals surface area contributed by atoms with E-state index in [9.17, 15) is 9.13 Å². The van der Waals surface area contributed by atoms with Crippen LogP contribution in [-0.4, -0.2) is 44.5 Å². The molecular weight excluding hydrogens is 390 g/mol. The molecule has 0 aromatic rings. The Bertz CT molecular complexity index is 590. The number of hydrogen-bond acceptors (Lipinski definition) is 4. The van der Waals surface area contributed by atoms with E-state index >= 15 is 0 Å². The summed E-state index contributed by atoms with van der Waals surface area (Å²) in [6.45, 7) is 8.94. The summed E-state index contributed by atoms with van der Waals surface area (Å²) in [5, 5.41) is 0. The lowest BCUT2D eigenvalue weighted by atomic mass is 9.55. The summed E-state index contributed by atoms with van der Waals surface area (Å²) in [7, 11) is -7.91. The van der Waals surface area contributed by atoms with Crippen LogP contribution in [0.15, 0.2) is 0 Å². The van der Waals surface area contributed by atoms with Crippen molar-refractivity contribution in [3.8, 4) is 0 Å². The van der Waals surface area contributed by atoms with E-state index < -0.39 is 20.9 Å². The molecule has 2 rings (SSSR count). The van der Waals surface area contributed by atoms with Gasteiger partial charge >= 0.3 is 15.2 Å². The third kappa shape index (κ3) is 7.87. The standard InChI is InChI=1S/C9H20NO3P.C8H18NO3P/c1-9(2)4-3-7(5-9)8(6-10)14(11,12)13;1-7(2)3-8(4-7,5-9)6-13(10,11)12/h7-8H,3-6,10H2,1-2H3,(H2,11,12,13);3-6,9H2,1-2H3,(H2,10,11,12)/t7?,8-;/m1./s1. The highest BCUT2D eigenvalue weighted by Crippen LogP contribution is 2.59. The van der Waals surface area contributed by atoms with Crippen molar-refractivity contribution < 1.29 is 28.7 Å². The zero-order valence-corrected chi connectivity index (χ0v) is 18.8. The Balaban J connectivity index is 0.000000271. The van der Waals surface area contributed by atoms with E-state index in [0.717, 1.165) is 32.1 Å². The van der Waals surface area contributed by atoms with Gasteiger partial charge in [-0.3, -0.25) is 9.13 Å². The summed E-state index contributed by atoms with van der Waals surface area (Å²) in [4.78, 5) is 36.0. The topological polar surface area (TPSA) is 167 Å². The number of nitrogens with two attached hydrogens (primary N) is 2. The Morgan fingerprint density at radius 3 is 1.78 bits per heavy atom. The van der Waals surface area contributed by atoms with Gasteiger partial charge in [-0.05, 0) is 60.8 Å². The summed E-state index contributed by atoms with van der Waals surface area (Å²) in [5.74, 6) is 0.0934. The highest BCUT2D eigenvalue weighted by atomic mass is 31.2. The molecule has 0 heterocycles. The molecule has 0 bridgehead atoms. The maximum Gasteiger partial charge on any atom is 0.330 e. The fraction of sp³-hybridized carbons (Fsp3) is 1.00.